The molecule has 0 unspecified atom stereocenters. The Labute approximate surface area is 174 Å². The van der Waals surface area contributed by atoms with Crippen molar-refractivity contribution in [2.24, 2.45) is 0 Å². The van der Waals surface area contributed by atoms with Crippen LogP contribution in [-0.4, -0.2) is 50.1 Å². The molecule has 0 saturated heterocycles. The summed E-state index contributed by atoms with van der Waals surface area (Å²) >= 11 is 0. The molecule has 0 bridgehead atoms. The van der Waals surface area contributed by atoms with Gasteiger partial charge in [0.1, 0.15) is 0 Å². The van der Waals surface area contributed by atoms with E-state index in [1.165, 1.54) is 26.4 Å². The molecule has 1 N–H and O–H groups in total. The van der Waals surface area contributed by atoms with Crippen molar-refractivity contribution in [2.45, 2.75) is 20.8 Å². The van der Waals surface area contributed by atoms with Crippen LogP contribution in [0.4, 0.5) is 0 Å². The fourth-order valence-corrected chi connectivity index (χ4v) is 2.97. The van der Waals surface area contributed by atoms with Crippen LogP contribution >= 0.6 is 0 Å². The van der Waals surface area contributed by atoms with E-state index in [9.17, 15) is 14.4 Å². The number of aryl methyl sites for hydroxylation is 2. The average Bonchev–Trinajstić information content (AvgIpc) is 3.04. The Bertz CT molecular complexity index is 972. The number of benzene rings is 1. The van der Waals surface area contributed by atoms with Crippen LogP contribution in [0.1, 0.15) is 44.6 Å². The fourth-order valence-electron chi connectivity index (χ4n) is 2.97. The molecule has 0 amide bonds. The van der Waals surface area contributed by atoms with Gasteiger partial charge in [-0.25, -0.2) is 9.59 Å². The summed E-state index contributed by atoms with van der Waals surface area (Å²) < 4.78 is 20.4. The van der Waals surface area contributed by atoms with E-state index >= 15 is 0 Å². The third kappa shape index (κ3) is 5.28. The van der Waals surface area contributed by atoms with Crippen LogP contribution in [0.5, 0.6) is 11.5 Å². The van der Waals surface area contributed by atoms with E-state index in [1.807, 2.05) is 0 Å². The third-order valence-electron chi connectivity index (χ3n) is 4.30. The molecule has 0 aliphatic heterocycles. The van der Waals surface area contributed by atoms with Crippen molar-refractivity contribution in [3.05, 3.63) is 52.4 Å². The van der Waals surface area contributed by atoms with Crippen LogP contribution in [0.3, 0.4) is 0 Å². The van der Waals surface area contributed by atoms with E-state index in [0.29, 0.717) is 28.5 Å². The van der Waals surface area contributed by atoms with Gasteiger partial charge in [0, 0.05) is 17.5 Å². The zero-order chi connectivity index (χ0) is 22.3. The van der Waals surface area contributed by atoms with E-state index in [4.69, 9.17) is 18.9 Å². The van der Waals surface area contributed by atoms with Gasteiger partial charge < -0.3 is 23.9 Å². The van der Waals surface area contributed by atoms with E-state index in [-0.39, 0.29) is 17.7 Å². The number of hydrogen-bond acceptors (Lipinski definition) is 7. The molecule has 0 atom stereocenters. The average molecular weight is 415 g/mol. The number of ether oxygens (including phenoxy) is 4. The normalized spacial score (nSPS) is 10.7. The standard InChI is InChI=1S/C22H25NO7/c1-6-29-22(26)21-14(3)23-13(2)20(21)16(24)12-30-19(25)10-8-15-7-9-17(27-4)18(11-15)28-5/h7-11,23H,6,12H2,1-5H3/b10-8+. The van der Waals surface area contributed by atoms with Crippen LogP contribution in [0, 0.1) is 13.8 Å². The monoisotopic (exact) mass is 415 g/mol. The van der Waals surface area contributed by atoms with Crippen LogP contribution in [0.25, 0.3) is 6.08 Å². The van der Waals surface area contributed by atoms with Gasteiger partial charge in [-0.1, -0.05) is 6.07 Å². The SMILES string of the molecule is CCOC(=O)c1c(C)[nH]c(C)c1C(=O)COC(=O)/C=C/c1ccc(OC)c(OC)c1. The fraction of sp³-hybridized carbons (Fsp3) is 0.318. The Kier molecular flexibility index (Phi) is 7.80. The third-order valence-corrected chi connectivity index (χ3v) is 4.30. The number of hydrogen-bond donors (Lipinski definition) is 1. The van der Waals surface area contributed by atoms with Gasteiger partial charge in [0.15, 0.2) is 18.1 Å². The van der Waals surface area contributed by atoms with Crippen LogP contribution < -0.4 is 9.47 Å². The molecular formula is C22H25NO7. The summed E-state index contributed by atoms with van der Waals surface area (Å²) in [6, 6.07) is 5.15. The molecule has 0 spiro atoms. The predicted octanol–water partition coefficient (Wildman–Crippen LogP) is 3.26. The number of rotatable bonds is 9. The van der Waals surface area contributed by atoms with Gasteiger partial charge in [-0.3, -0.25) is 4.79 Å². The van der Waals surface area contributed by atoms with Gasteiger partial charge in [0.2, 0.25) is 5.78 Å². The van der Waals surface area contributed by atoms with Crippen LogP contribution in [0.2, 0.25) is 0 Å². The number of methoxy groups -OCH3 is 2. The number of ketones is 1. The highest BCUT2D eigenvalue weighted by atomic mass is 16.5. The topological polar surface area (TPSA) is 104 Å². The Morgan fingerprint density at radius 2 is 1.63 bits per heavy atom. The quantitative estimate of drug-likeness (QED) is 0.381. The Morgan fingerprint density at radius 3 is 2.27 bits per heavy atom. The molecule has 160 valence electrons. The number of aromatic nitrogens is 1. The van der Waals surface area contributed by atoms with Gasteiger partial charge in [-0.2, -0.15) is 0 Å². The molecule has 1 aromatic heterocycles. The van der Waals surface area contributed by atoms with Crippen molar-refractivity contribution in [2.75, 3.05) is 27.4 Å². The molecule has 0 aliphatic rings. The Hall–Kier alpha value is -3.55. The number of aromatic amines is 1. The van der Waals surface area contributed by atoms with E-state index in [1.54, 1.807) is 39.0 Å². The highest BCUT2D eigenvalue weighted by Crippen LogP contribution is 2.28. The molecule has 2 rings (SSSR count). The van der Waals surface area contributed by atoms with Gasteiger partial charge in [0.05, 0.1) is 32.0 Å². The number of nitrogens with one attached hydrogen (secondary N) is 1. The smallest absolute Gasteiger partial charge is 0.340 e. The lowest BCUT2D eigenvalue weighted by Gasteiger charge is -2.07. The van der Waals surface area contributed by atoms with Crippen molar-refractivity contribution in [3.63, 3.8) is 0 Å². The maximum absolute atomic E-state index is 12.6. The molecule has 0 saturated carbocycles. The Balaban J connectivity index is 2.06. The first-order valence-corrected chi connectivity index (χ1v) is 9.28. The molecule has 1 aromatic carbocycles. The van der Waals surface area contributed by atoms with Crippen molar-refractivity contribution in [1.29, 1.82) is 0 Å². The zero-order valence-electron chi connectivity index (χ0n) is 17.7. The summed E-state index contributed by atoms with van der Waals surface area (Å²) in [6.07, 6.45) is 2.74. The van der Waals surface area contributed by atoms with Crippen LogP contribution in [0.15, 0.2) is 24.3 Å². The molecular weight excluding hydrogens is 390 g/mol. The van der Waals surface area contributed by atoms with Crippen molar-refractivity contribution < 1.29 is 33.3 Å². The largest absolute Gasteiger partial charge is 0.493 e. The second kappa shape index (κ2) is 10.3. The number of esters is 2. The number of H-pyrrole nitrogens is 1. The first-order chi connectivity index (χ1) is 14.3. The zero-order valence-corrected chi connectivity index (χ0v) is 17.7. The lowest BCUT2D eigenvalue weighted by molar-refractivity contribution is -0.136. The molecule has 1 heterocycles. The molecule has 0 fully saturated rings. The second-order valence-electron chi connectivity index (χ2n) is 6.32. The van der Waals surface area contributed by atoms with Gasteiger partial charge in [-0.15, -0.1) is 0 Å². The minimum atomic E-state index is -0.694. The van der Waals surface area contributed by atoms with Crippen molar-refractivity contribution in [3.8, 4) is 11.5 Å². The van der Waals surface area contributed by atoms with E-state index in [0.717, 1.165) is 0 Å². The summed E-state index contributed by atoms with van der Waals surface area (Å²) in [5.41, 5.74) is 2.06. The summed E-state index contributed by atoms with van der Waals surface area (Å²) in [6.45, 7) is 4.71. The van der Waals surface area contributed by atoms with Gasteiger partial charge in [0.25, 0.3) is 0 Å². The summed E-state index contributed by atoms with van der Waals surface area (Å²) in [5, 5.41) is 0. The number of carbonyl (C=O) groups excluding carboxylic acids is 3. The van der Waals surface area contributed by atoms with Gasteiger partial charge in [-0.05, 0) is 44.5 Å². The minimum absolute atomic E-state index is 0.163. The summed E-state index contributed by atoms with van der Waals surface area (Å²) in [5.74, 6) is -0.693. The van der Waals surface area contributed by atoms with E-state index < -0.39 is 24.3 Å². The molecule has 8 nitrogen and oxygen atoms in total. The maximum atomic E-state index is 12.6. The van der Waals surface area contributed by atoms with Gasteiger partial charge >= 0.3 is 11.9 Å². The molecule has 0 aliphatic carbocycles. The number of carbonyl (C=O) groups is 3. The lowest BCUT2D eigenvalue weighted by atomic mass is 10.1. The first-order valence-electron chi connectivity index (χ1n) is 9.28. The van der Waals surface area contributed by atoms with Crippen LogP contribution in [-0.2, 0) is 14.3 Å². The highest BCUT2D eigenvalue weighted by Gasteiger charge is 2.25. The maximum Gasteiger partial charge on any atom is 0.340 e. The lowest BCUT2D eigenvalue weighted by Crippen LogP contribution is -2.17. The highest BCUT2D eigenvalue weighted by molar-refractivity contribution is 6.09. The molecule has 8 heteroatoms. The predicted molar refractivity (Wildman–Crippen MR) is 110 cm³/mol. The molecule has 2 aromatic rings. The first kappa shape index (κ1) is 22.7. The summed E-state index contributed by atoms with van der Waals surface area (Å²) in [7, 11) is 3.04. The number of Topliss-reactive ketones (excluding diaryl/α,β-unsaturated/α-hetero) is 1. The molecule has 30 heavy (non-hydrogen) atoms. The second-order valence-corrected chi connectivity index (χ2v) is 6.32. The Morgan fingerprint density at radius 1 is 0.967 bits per heavy atom. The van der Waals surface area contributed by atoms with Crippen molar-refractivity contribution in [1.82, 2.24) is 4.98 Å². The van der Waals surface area contributed by atoms with E-state index in [2.05, 4.69) is 4.98 Å². The molecule has 0 radical (unpaired) electrons. The van der Waals surface area contributed by atoms with Crippen molar-refractivity contribution >= 4 is 23.8 Å². The minimum Gasteiger partial charge on any atom is -0.493 e. The summed E-state index contributed by atoms with van der Waals surface area (Å²) in [4.78, 5) is 39.7.